The Labute approximate surface area is 111 Å². The zero-order valence-electron chi connectivity index (χ0n) is 10.6. The molecule has 1 aromatic heterocycles. The van der Waals surface area contributed by atoms with Crippen LogP contribution in [0.5, 0.6) is 0 Å². The quantitative estimate of drug-likeness (QED) is 0.892. The lowest BCUT2D eigenvalue weighted by atomic mass is 9.99. The van der Waals surface area contributed by atoms with E-state index in [-0.39, 0.29) is 24.1 Å². The van der Waals surface area contributed by atoms with E-state index in [9.17, 15) is 9.90 Å². The molecule has 1 N–H and O–H groups in total. The molecule has 2 saturated heterocycles. The molecule has 2 fully saturated rings. The fourth-order valence-electron chi connectivity index (χ4n) is 3.40. The molecule has 2 bridgehead atoms. The van der Waals surface area contributed by atoms with Crippen molar-refractivity contribution in [1.29, 1.82) is 0 Å². The number of thiophene rings is 1. The topological polar surface area (TPSA) is 40.5 Å². The van der Waals surface area contributed by atoms with E-state index in [0.717, 1.165) is 42.5 Å². The number of aliphatic hydroxyl groups excluding tert-OH is 1. The highest BCUT2D eigenvalue weighted by atomic mass is 32.1. The summed E-state index contributed by atoms with van der Waals surface area (Å²) in [5.74, 6) is 0.196. The third kappa shape index (κ3) is 1.88. The lowest BCUT2D eigenvalue weighted by Gasteiger charge is -2.37. The van der Waals surface area contributed by atoms with Crippen LogP contribution in [0.2, 0.25) is 0 Å². The maximum atomic E-state index is 12.7. The number of carbonyl (C=O) groups excluding carboxylic acids is 1. The van der Waals surface area contributed by atoms with Gasteiger partial charge in [-0.25, -0.2) is 0 Å². The van der Waals surface area contributed by atoms with Gasteiger partial charge in [-0.2, -0.15) is 0 Å². The summed E-state index contributed by atoms with van der Waals surface area (Å²) in [6.45, 7) is 2.09. The van der Waals surface area contributed by atoms with Gasteiger partial charge >= 0.3 is 0 Å². The number of piperidine rings is 1. The summed E-state index contributed by atoms with van der Waals surface area (Å²) < 4.78 is 0. The molecule has 3 rings (SSSR count). The number of nitrogens with zero attached hydrogens (tertiary/aromatic N) is 1. The summed E-state index contributed by atoms with van der Waals surface area (Å²) in [6.07, 6.45) is 4.33. The Morgan fingerprint density at radius 1 is 1.44 bits per heavy atom. The largest absolute Gasteiger partial charge is 0.393 e. The van der Waals surface area contributed by atoms with Gasteiger partial charge < -0.3 is 10.0 Å². The van der Waals surface area contributed by atoms with Crippen LogP contribution < -0.4 is 0 Å². The number of hydrogen-bond acceptors (Lipinski definition) is 3. The molecule has 4 heteroatoms. The predicted molar refractivity (Wildman–Crippen MR) is 71.9 cm³/mol. The molecule has 1 aromatic rings. The van der Waals surface area contributed by atoms with Crippen LogP contribution in [0.3, 0.4) is 0 Å². The van der Waals surface area contributed by atoms with Gasteiger partial charge in [-0.05, 0) is 49.1 Å². The Hall–Kier alpha value is -0.870. The first-order valence-electron chi connectivity index (χ1n) is 6.77. The molecule has 2 unspecified atom stereocenters. The number of hydrogen-bond donors (Lipinski definition) is 1. The standard InChI is InChI=1S/C14H19NO2S/c1-2-9-5-6-18-13(9)14(17)15-10-3-4-11(15)8-12(16)7-10/h5-6,10-12,16H,2-4,7-8H2,1H3. The minimum atomic E-state index is -0.208. The average molecular weight is 265 g/mol. The molecule has 0 aliphatic carbocycles. The summed E-state index contributed by atoms with van der Waals surface area (Å²) in [5, 5.41) is 11.8. The Kier molecular flexibility index (Phi) is 3.16. The predicted octanol–water partition coefficient (Wildman–Crippen LogP) is 2.44. The second-order valence-corrected chi connectivity index (χ2v) is 6.27. The highest BCUT2D eigenvalue weighted by Crippen LogP contribution is 2.37. The molecule has 0 saturated carbocycles. The minimum absolute atomic E-state index is 0.196. The zero-order valence-corrected chi connectivity index (χ0v) is 11.4. The van der Waals surface area contributed by atoms with E-state index in [1.165, 1.54) is 0 Å². The molecule has 2 atom stereocenters. The highest BCUT2D eigenvalue weighted by molar-refractivity contribution is 7.12. The molecular weight excluding hydrogens is 246 g/mol. The molecule has 1 amide bonds. The molecule has 98 valence electrons. The van der Waals surface area contributed by atoms with Gasteiger partial charge in [-0.15, -0.1) is 11.3 Å². The molecule has 2 aliphatic heterocycles. The van der Waals surface area contributed by atoms with E-state index in [1.807, 2.05) is 5.38 Å². The van der Waals surface area contributed by atoms with Crippen LogP contribution in [0.25, 0.3) is 0 Å². The van der Waals surface area contributed by atoms with E-state index in [0.29, 0.717) is 0 Å². The minimum Gasteiger partial charge on any atom is -0.393 e. The van der Waals surface area contributed by atoms with E-state index in [1.54, 1.807) is 11.3 Å². The van der Waals surface area contributed by atoms with Crippen molar-refractivity contribution in [2.75, 3.05) is 0 Å². The molecule has 0 radical (unpaired) electrons. The van der Waals surface area contributed by atoms with Crippen molar-refractivity contribution >= 4 is 17.2 Å². The summed E-state index contributed by atoms with van der Waals surface area (Å²) >= 11 is 1.55. The van der Waals surface area contributed by atoms with Gasteiger partial charge in [0.05, 0.1) is 11.0 Å². The van der Waals surface area contributed by atoms with Crippen LogP contribution in [-0.2, 0) is 6.42 Å². The average Bonchev–Trinajstić information content (AvgIpc) is 2.92. The van der Waals surface area contributed by atoms with Crippen molar-refractivity contribution < 1.29 is 9.90 Å². The molecule has 3 nitrogen and oxygen atoms in total. The fraction of sp³-hybridized carbons (Fsp3) is 0.643. The highest BCUT2D eigenvalue weighted by Gasteiger charge is 2.43. The Morgan fingerprint density at radius 2 is 2.11 bits per heavy atom. The fourth-order valence-corrected chi connectivity index (χ4v) is 4.34. The van der Waals surface area contributed by atoms with Gasteiger partial charge in [0.25, 0.3) is 5.91 Å². The number of aryl methyl sites for hydroxylation is 1. The number of fused-ring (bicyclic) bond motifs is 2. The van der Waals surface area contributed by atoms with Crippen LogP contribution in [0.4, 0.5) is 0 Å². The first kappa shape index (κ1) is 12.2. The van der Waals surface area contributed by atoms with E-state index in [2.05, 4.69) is 17.9 Å². The summed E-state index contributed by atoms with van der Waals surface area (Å²) in [5.41, 5.74) is 1.16. The van der Waals surface area contributed by atoms with Crippen LogP contribution in [0, 0.1) is 0 Å². The molecule has 2 aliphatic rings. The summed E-state index contributed by atoms with van der Waals surface area (Å²) in [7, 11) is 0. The number of carbonyl (C=O) groups is 1. The number of aliphatic hydroxyl groups is 1. The van der Waals surface area contributed by atoms with Crippen LogP contribution in [-0.4, -0.2) is 34.1 Å². The third-order valence-corrected chi connectivity index (χ3v) is 5.21. The maximum Gasteiger partial charge on any atom is 0.264 e. The van der Waals surface area contributed by atoms with Crippen LogP contribution >= 0.6 is 11.3 Å². The zero-order chi connectivity index (χ0) is 12.7. The van der Waals surface area contributed by atoms with E-state index in [4.69, 9.17) is 0 Å². The Balaban J connectivity index is 1.85. The van der Waals surface area contributed by atoms with Crippen molar-refractivity contribution in [3.63, 3.8) is 0 Å². The Bertz CT molecular complexity index is 442. The number of amides is 1. The van der Waals surface area contributed by atoms with Gasteiger partial charge in [0.2, 0.25) is 0 Å². The van der Waals surface area contributed by atoms with Gasteiger partial charge in [0, 0.05) is 12.1 Å². The van der Waals surface area contributed by atoms with Gasteiger partial charge in [0.1, 0.15) is 0 Å². The SMILES string of the molecule is CCc1ccsc1C(=O)N1C2CCC1CC(O)C2. The first-order chi connectivity index (χ1) is 8.70. The molecule has 0 spiro atoms. The van der Waals surface area contributed by atoms with Crippen molar-refractivity contribution in [1.82, 2.24) is 4.90 Å². The second kappa shape index (κ2) is 4.67. The molecule has 3 heterocycles. The van der Waals surface area contributed by atoms with Crippen molar-refractivity contribution in [3.8, 4) is 0 Å². The van der Waals surface area contributed by atoms with E-state index < -0.39 is 0 Å². The third-order valence-electron chi connectivity index (χ3n) is 4.26. The maximum absolute atomic E-state index is 12.7. The Morgan fingerprint density at radius 3 is 2.72 bits per heavy atom. The summed E-state index contributed by atoms with van der Waals surface area (Å²) in [4.78, 5) is 15.6. The molecule has 0 aromatic carbocycles. The van der Waals surface area contributed by atoms with Crippen molar-refractivity contribution in [3.05, 3.63) is 21.9 Å². The normalized spacial score (nSPS) is 30.8. The monoisotopic (exact) mass is 265 g/mol. The molecule has 18 heavy (non-hydrogen) atoms. The van der Waals surface area contributed by atoms with E-state index >= 15 is 0 Å². The van der Waals surface area contributed by atoms with Gasteiger partial charge in [-0.1, -0.05) is 6.92 Å². The van der Waals surface area contributed by atoms with Crippen molar-refractivity contribution in [2.45, 2.75) is 57.2 Å². The lowest BCUT2D eigenvalue weighted by molar-refractivity contribution is 0.0290. The first-order valence-corrected chi connectivity index (χ1v) is 7.65. The summed E-state index contributed by atoms with van der Waals surface area (Å²) in [6, 6.07) is 2.58. The van der Waals surface area contributed by atoms with Crippen molar-refractivity contribution in [2.24, 2.45) is 0 Å². The smallest absolute Gasteiger partial charge is 0.264 e. The number of rotatable bonds is 2. The molecular formula is C14H19NO2S. The van der Waals surface area contributed by atoms with Gasteiger partial charge in [-0.3, -0.25) is 4.79 Å². The van der Waals surface area contributed by atoms with Crippen LogP contribution in [0.15, 0.2) is 11.4 Å². The lowest BCUT2D eigenvalue weighted by Crippen LogP contribution is -2.47. The van der Waals surface area contributed by atoms with Crippen LogP contribution in [0.1, 0.15) is 47.8 Å². The second-order valence-electron chi connectivity index (χ2n) is 5.35. The van der Waals surface area contributed by atoms with Gasteiger partial charge in [0.15, 0.2) is 0 Å².